The molecule has 0 aliphatic heterocycles. The van der Waals surface area contributed by atoms with Crippen molar-refractivity contribution in [3.8, 4) is 0 Å². The Hall–Kier alpha value is -2.06. The van der Waals surface area contributed by atoms with Crippen LogP contribution < -0.4 is 5.32 Å². The molecule has 0 fully saturated rings. The van der Waals surface area contributed by atoms with E-state index in [4.69, 9.17) is 124 Å². The van der Waals surface area contributed by atoms with Crippen LogP contribution in [0.15, 0.2) is 0 Å². The highest BCUT2D eigenvalue weighted by Crippen LogP contribution is 1.92. The fourth-order valence-electron chi connectivity index (χ4n) is 5.83. The number of carboxylic acids is 1. The highest BCUT2D eigenvalue weighted by Gasteiger charge is 2.02. The van der Waals surface area contributed by atoms with Crippen molar-refractivity contribution in [2.75, 3.05) is 337 Å². The molecule has 0 radical (unpaired) electrons. The Kier molecular flexibility index (Phi) is 75.1. The van der Waals surface area contributed by atoms with Gasteiger partial charge in [0.05, 0.1) is 337 Å². The first-order chi connectivity index (χ1) is 41.7. The molecule has 0 unspecified atom stereocenters. The molecule has 0 aliphatic rings. The molecule has 1 amide bonds. The second-order valence-electron chi connectivity index (χ2n) is 16.9. The van der Waals surface area contributed by atoms with Crippen LogP contribution in [0.4, 0.5) is 0 Å². The van der Waals surface area contributed by atoms with Gasteiger partial charge in [0.25, 0.3) is 0 Å². The predicted octanol–water partition coefficient (Wildman–Crippen LogP) is 0.0122. The zero-order valence-corrected chi connectivity index (χ0v) is 50.7. The summed E-state index contributed by atoms with van der Waals surface area (Å²) < 4.78 is 137. The summed E-state index contributed by atoms with van der Waals surface area (Å²) in [5.41, 5.74) is 0. The molecule has 0 aliphatic carbocycles. The predicted molar refractivity (Wildman–Crippen MR) is 301 cm³/mol. The van der Waals surface area contributed by atoms with E-state index in [9.17, 15) is 9.59 Å². The van der Waals surface area contributed by atoms with Gasteiger partial charge in [-0.25, -0.2) is 0 Å². The Morgan fingerprint density at radius 1 is 0.190 bits per heavy atom. The highest BCUT2D eigenvalue weighted by molar-refractivity contribution is 5.75. The highest BCUT2D eigenvalue weighted by atomic mass is 16.6. The van der Waals surface area contributed by atoms with Gasteiger partial charge in [0.15, 0.2) is 0 Å². The lowest BCUT2D eigenvalue weighted by molar-refractivity contribution is -0.138. The molecule has 502 valence electrons. The monoisotopic (exact) mass is 1230 g/mol. The van der Waals surface area contributed by atoms with Gasteiger partial charge in [-0.2, -0.15) is 0 Å². The van der Waals surface area contributed by atoms with Crippen molar-refractivity contribution in [3.63, 3.8) is 0 Å². The maximum atomic E-state index is 11.1. The molecule has 29 nitrogen and oxygen atoms in total. The Morgan fingerprint density at radius 2 is 0.286 bits per heavy atom. The molecular weight excluding hydrogens is 1120 g/mol. The van der Waals surface area contributed by atoms with Crippen LogP contribution in [0.5, 0.6) is 0 Å². The molecule has 2 N–H and O–H groups in total. The number of carboxylic acid groups (broad SMARTS) is 1. The van der Waals surface area contributed by atoms with Crippen LogP contribution in [0.2, 0.25) is 0 Å². The van der Waals surface area contributed by atoms with E-state index in [1.54, 1.807) is 7.05 Å². The van der Waals surface area contributed by atoms with E-state index in [1.807, 2.05) is 0 Å². The van der Waals surface area contributed by atoms with E-state index >= 15 is 0 Å². The first-order valence-corrected chi connectivity index (χ1v) is 29.5. The van der Waals surface area contributed by atoms with Crippen molar-refractivity contribution in [2.45, 2.75) is 12.8 Å². The molecule has 0 saturated carbocycles. The van der Waals surface area contributed by atoms with Crippen LogP contribution in [0.1, 0.15) is 12.8 Å². The van der Waals surface area contributed by atoms with Crippen molar-refractivity contribution in [1.29, 1.82) is 0 Å². The largest absolute Gasteiger partial charge is 0.481 e. The Morgan fingerprint density at radius 3 is 0.381 bits per heavy atom. The number of rotatable bonds is 78. The average molecular weight is 1230 g/mol. The average Bonchev–Trinajstić information content (AvgIpc) is 3.49. The van der Waals surface area contributed by atoms with Crippen molar-refractivity contribution in [2.24, 2.45) is 0 Å². The Labute approximate surface area is 499 Å². The van der Waals surface area contributed by atoms with Crippen LogP contribution in [0.25, 0.3) is 0 Å². The molecular formula is C55H109NO28. The van der Waals surface area contributed by atoms with Crippen LogP contribution in [-0.4, -0.2) is 354 Å². The molecule has 0 aromatic rings. The third-order valence-corrected chi connectivity index (χ3v) is 10.1. The van der Waals surface area contributed by atoms with Gasteiger partial charge in [-0.15, -0.1) is 0 Å². The van der Waals surface area contributed by atoms with E-state index in [2.05, 4.69) is 5.32 Å². The fourth-order valence-corrected chi connectivity index (χ4v) is 5.83. The fraction of sp³-hybridized carbons (Fsp3) is 0.964. The van der Waals surface area contributed by atoms with Gasteiger partial charge < -0.3 is 129 Å². The molecule has 0 spiro atoms. The SMILES string of the molecule is CNC(=O)CCOCCOCCOCCOCCOCCOCCOCCOCCOCCOCCOCCOCCOCCOCCOCCOCCOCCOCCOCCOCCOCCOCCOCCOCCOCCC(=O)O. The topological polar surface area (TPSA) is 297 Å². The summed E-state index contributed by atoms with van der Waals surface area (Å²) in [6, 6.07) is 0. The zero-order valence-electron chi connectivity index (χ0n) is 50.7. The Balaban J connectivity index is 3.09. The van der Waals surface area contributed by atoms with Gasteiger partial charge in [-0.05, 0) is 0 Å². The third kappa shape index (κ3) is 78.0. The summed E-state index contributed by atoms with van der Waals surface area (Å²) in [5, 5.41) is 11.1. The number of hydrogen-bond donors (Lipinski definition) is 2. The lowest BCUT2D eigenvalue weighted by Gasteiger charge is -2.09. The minimum absolute atomic E-state index is 0.0108. The standard InChI is InChI=1S/C55H109NO28/c1-56-54(57)2-4-60-6-8-62-10-12-64-14-16-66-18-20-68-22-24-70-26-28-72-30-32-74-34-36-76-38-40-78-42-44-80-46-48-82-50-52-84-53-51-83-49-47-81-45-43-79-41-39-77-37-35-75-33-31-73-29-27-71-25-23-69-21-19-67-17-15-65-13-11-63-9-7-61-5-3-55(58)59/h2-53H2,1H3,(H,56,57)(H,58,59). The lowest BCUT2D eigenvalue weighted by Crippen LogP contribution is -2.20. The third-order valence-electron chi connectivity index (χ3n) is 10.1. The van der Waals surface area contributed by atoms with E-state index in [1.165, 1.54) is 0 Å². The summed E-state index contributed by atoms with van der Waals surface area (Å²) in [5.74, 6) is -0.924. The lowest BCUT2D eigenvalue weighted by atomic mass is 10.4. The molecule has 0 bridgehead atoms. The first kappa shape index (κ1) is 81.9. The second-order valence-corrected chi connectivity index (χ2v) is 16.9. The number of carbonyl (C=O) groups excluding carboxylic acids is 1. The normalized spacial score (nSPS) is 11.6. The van der Waals surface area contributed by atoms with Crippen LogP contribution >= 0.6 is 0 Å². The number of carbonyl (C=O) groups is 2. The number of ether oxygens (including phenoxy) is 25. The molecule has 84 heavy (non-hydrogen) atoms. The van der Waals surface area contributed by atoms with Crippen molar-refractivity contribution < 1.29 is 133 Å². The van der Waals surface area contributed by atoms with Gasteiger partial charge >= 0.3 is 5.97 Å². The van der Waals surface area contributed by atoms with E-state index in [0.29, 0.717) is 330 Å². The Bertz CT molecular complexity index is 1240. The van der Waals surface area contributed by atoms with Crippen LogP contribution in [0, 0.1) is 0 Å². The zero-order chi connectivity index (χ0) is 60.3. The van der Waals surface area contributed by atoms with E-state index in [-0.39, 0.29) is 18.9 Å². The number of amides is 1. The number of hydrogen-bond acceptors (Lipinski definition) is 27. The summed E-state index contributed by atoms with van der Waals surface area (Å²) in [6.45, 7) is 23.2. The van der Waals surface area contributed by atoms with E-state index in [0.717, 1.165) is 0 Å². The molecule has 0 heterocycles. The van der Waals surface area contributed by atoms with Gasteiger partial charge in [0, 0.05) is 13.5 Å². The first-order valence-electron chi connectivity index (χ1n) is 29.5. The van der Waals surface area contributed by atoms with Crippen molar-refractivity contribution >= 4 is 11.9 Å². The quantitative estimate of drug-likeness (QED) is 0.0758. The van der Waals surface area contributed by atoms with Gasteiger partial charge in [-0.1, -0.05) is 0 Å². The molecule has 0 aromatic heterocycles. The molecule has 0 rings (SSSR count). The minimum Gasteiger partial charge on any atom is -0.481 e. The van der Waals surface area contributed by atoms with Crippen LogP contribution in [-0.2, 0) is 128 Å². The van der Waals surface area contributed by atoms with Gasteiger partial charge in [0.1, 0.15) is 0 Å². The van der Waals surface area contributed by atoms with Crippen molar-refractivity contribution in [3.05, 3.63) is 0 Å². The second kappa shape index (κ2) is 77.0. The molecule has 0 saturated heterocycles. The smallest absolute Gasteiger partial charge is 0.305 e. The summed E-state index contributed by atoms with van der Waals surface area (Å²) in [4.78, 5) is 21.5. The molecule has 0 atom stereocenters. The summed E-state index contributed by atoms with van der Waals surface area (Å²) in [7, 11) is 1.60. The summed E-state index contributed by atoms with van der Waals surface area (Å²) >= 11 is 0. The van der Waals surface area contributed by atoms with Gasteiger partial charge in [-0.3, -0.25) is 9.59 Å². The number of aliphatic carboxylic acids is 1. The maximum Gasteiger partial charge on any atom is 0.305 e. The van der Waals surface area contributed by atoms with Crippen molar-refractivity contribution in [1.82, 2.24) is 5.32 Å². The summed E-state index contributed by atoms with van der Waals surface area (Å²) in [6.07, 6.45) is 0.336. The number of nitrogens with one attached hydrogen (secondary N) is 1. The van der Waals surface area contributed by atoms with Crippen LogP contribution in [0.3, 0.4) is 0 Å². The van der Waals surface area contributed by atoms with E-state index < -0.39 is 5.97 Å². The maximum absolute atomic E-state index is 11.1. The van der Waals surface area contributed by atoms with Gasteiger partial charge in [0.2, 0.25) is 5.91 Å². The minimum atomic E-state index is -0.881. The molecule has 29 heteroatoms. The molecule has 0 aromatic carbocycles.